The molecule has 0 saturated carbocycles. The van der Waals surface area contributed by atoms with E-state index < -0.39 is 0 Å². The highest BCUT2D eigenvalue weighted by molar-refractivity contribution is 5.80. The third-order valence-corrected chi connectivity index (χ3v) is 3.00. The lowest BCUT2D eigenvalue weighted by Crippen LogP contribution is -2.14. The van der Waals surface area contributed by atoms with E-state index in [1.54, 1.807) is 12.4 Å². The smallest absolute Gasteiger partial charge is 0.140 e. The van der Waals surface area contributed by atoms with Gasteiger partial charge >= 0.3 is 0 Å². The van der Waals surface area contributed by atoms with Gasteiger partial charge in [0.15, 0.2) is 0 Å². The van der Waals surface area contributed by atoms with Gasteiger partial charge in [0, 0.05) is 25.4 Å². The number of pyridine rings is 1. The summed E-state index contributed by atoms with van der Waals surface area (Å²) < 4.78 is 1.83. The average molecular weight is 272 g/mol. The minimum Gasteiger partial charge on any atom is -0.299 e. The molecule has 0 aliphatic carbocycles. The summed E-state index contributed by atoms with van der Waals surface area (Å²) in [7, 11) is 0. The van der Waals surface area contributed by atoms with E-state index >= 15 is 0 Å². The molecule has 20 heavy (non-hydrogen) atoms. The second-order valence-electron chi connectivity index (χ2n) is 5.33. The van der Waals surface area contributed by atoms with Crippen molar-refractivity contribution in [2.24, 2.45) is 5.92 Å². The molecule has 0 fully saturated rings. The molecule has 2 aromatic rings. The molecule has 0 aromatic carbocycles. The third kappa shape index (κ3) is 4.26. The van der Waals surface area contributed by atoms with Crippen LogP contribution in [0.4, 0.5) is 0 Å². The van der Waals surface area contributed by atoms with Gasteiger partial charge in [0.1, 0.15) is 17.9 Å². The van der Waals surface area contributed by atoms with Crippen LogP contribution < -0.4 is 0 Å². The predicted molar refractivity (Wildman–Crippen MR) is 76.1 cm³/mol. The fourth-order valence-corrected chi connectivity index (χ4v) is 2.02. The molecule has 0 aliphatic rings. The summed E-state index contributed by atoms with van der Waals surface area (Å²) in [4.78, 5) is 20.3. The van der Waals surface area contributed by atoms with Crippen LogP contribution in [-0.4, -0.2) is 25.5 Å². The number of hydrogen-bond donors (Lipinski definition) is 0. The molecule has 2 heterocycles. The van der Waals surface area contributed by atoms with E-state index in [-0.39, 0.29) is 5.78 Å². The number of nitrogens with zero attached hydrogens (tertiary/aromatic N) is 4. The van der Waals surface area contributed by atoms with Crippen LogP contribution in [0.25, 0.3) is 0 Å². The van der Waals surface area contributed by atoms with E-state index in [0.29, 0.717) is 18.8 Å². The second-order valence-corrected chi connectivity index (χ2v) is 5.33. The van der Waals surface area contributed by atoms with Crippen molar-refractivity contribution in [3.63, 3.8) is 0 Å². The molecule has 0 N–H and O–H groups in total. The van der Waals surface area contributed by atoms with Crippen LogP contribution in [0.3, 0.4) is 0 Å². The number of aromatic nitrogens is 4. The molecule has 5 heteroatoms. The number of ketones is 1. The Morgan fingerprint density at radius 3 is 2.95 bits per heavy atom. The molecular formula is C15H20N4O. The van der Waals surface area contributed by atoms with Crippen LogP contribution in [0.15, 0.2) is 30.9 Å². The quantitative estimate of drug-likeness (QED) is 0.774. The summed E-state index contributed by atoms with van der Waals surface area (Å²) >= 11 is 0. The molecular weight excluding hydrogens is 252 g/mol. The van der Waals surface area contributed by atoms with Gasteiger partial charge in [-0.25, -0.2) is 9.67 Å². The zero-order valence-electron chi connectivity index (χ0n) is 12.0. The molecule has 106 valence electrons. The van der Waals surface area contributed by atoms with Crippen molar-refractivity contribution >= 4 is 5.78 Å². The lowest BCUT2D eigenvalue weighted by atomic mass is 10.1. The van der Waals surface area contributed by atoms with Gasteiger partial charge in [-0.3, -0.25) is 9.78 Å². The van der Waals surface area contributed by atoms with E-state index in [4.69, 9.17) is 0 Å². The Hall–Kier alpha value is -2.04. The predicted octanol–water partition coefficient (Wildman–Crippen LogP) is 2.07. The van der Waals surface area contributed by atoms with Crippen LogP contribution in [0.2, 0.25) is 0 Å². The van der Waals surface area contributed by atoms with Gasteiger partial charge in [-0.1, -0.05) is 19.9 Å². The first-order chi connectivity index (χ1) is 9.65. The molecule has 0 amide bonds. The van der Waals surface area contributed by atoms with Crippen molar-refractivity contribution < 1.29 is 4.79 Å². The third-order valence-electron chi connectivity index (χ3n) is 3.00. The maximum Gasteiger partial charge on any atom is 0.140 e. The SMILES string of the molecule is CC(C)Cn1ncnc1CC(=O)CCc1cccnc1. The number of rotatable bonds is 7. The highest BCUT2D eigenvalue weighted by atomic mass is 16.1. The molecule has 2 aromatic heterocycles. The molecule has 0 radical (unpaired) electrons. The van der Waals surface area contributed by atoms with Crippen LogP contribution in [0.1, 0.15) is 31.7 Å². The Balaban J connectivity index is 1.87. The first-order valence-corrected chi connectivity index (χ1v) is 6.92. The zero-order valence-corrected chi connectivity index (χ0v) is 12.0. The highest BCUT2D eigenvalue weighted by Crippen LogP contribution is 2.06. The van der Waals surface area contributed by atoms with Gasteiger partial charge < -0.3 is 0 Å². The Morgan fingerprint density at radius 2 is 2.25 bits per heavy atom. The summed E-state index contributed by atoms with van der Waals surface area (Å²) in [6, 6.07) is 3.88. The fourth-order valence-electron chi connectivity index (χ4n) is 2.02. The van der Waals surface area contributed by atoms with Crippen molar-refractivity contribution in [2.45, 2.75) is 39.7 Å². The van der Waals surface area contributed by atoms with Gasteiger partial charge in [-0.2, -0.15) is 5.10 Å². The van der Waals surface area contributed by atoms with Gasteiger partial charge in [0.25, 0.3) is 0 Å². The molecule has 2 rings (SSSR count). The van der Waals surface area contributed by atoms with E-state index in [0.717, 1.165) is 24.4 Å². The van der Waals surface area contributed by atoms with Crippen molar-refractivity contribution in [1.82, 2.24) is 19.7 Å². The summed E-state index contributed by atoms with van der Waals surface area (Å²) in [6.45, 7) is 5.04. The largest absolute Gasteiger partial charge is 0.299 e. The Bertz CT molecular complexity index is 548. The molecule has 5 nitrogen and oxygen atoms in total. The average Bonchev–Trinajstić information content (AvgIpc) is 2.84. The second kappa shape index (κ2) is 6.93. The van der Waals surface area contributed by atoms with Crippen molar-refractivity contribution in [2.75, 3.05) is 0 Å². The van der Waals surface area contributed by atoms with E-state index in [2.05, 4.69) is 28.9 Å². The van der Waals surface area contributed by atoms with Crippen LogP contribution >= 0.6 is 0 Å². The molecule has 0 spiro atoms. The fraction of sp³-hybridized carbons (Fsp3) is 0.467. The Kier molecular flexibility index (Phi) is 4.98. The van der Waals surface area contributed by atoms with E-state index in [9.17, 15) is 4.79 Å². The van der Waals surface area contributed by atoms with Gasteiger partial charge in [-0.05, 0) is 24.0 Å². The summed E-state index contributed by atoms with van der Waals surface area (Å²) in [6.07, 6.45) is 6.65. The van der Waals surface area contributed by atoms with Crippen LogP contribution in [0.5, 0.6) is 0 Å². The number of carbonyl (C=O) groups excluding carboxylic acids is 1. The summed E-state index contributed by atoms with van der Waals surface area (Å²) in [5.74, 6) is 1.43. The summed E-state index contributed by atoms with van der Waals surface area (Å²) in [5.41, 5.74) is 1.09. The van der Waals surface area contributed by atoms with Crippen LogP contribution in [-0.2, 0) is 24.2 Å². The highest BCUT2D eigenvalue weighted by Gasteiger charge is 2.11. The number of carbonyl (C=O) groups is 1. The lowest BCUT2D eigenvalue weighted by Gasteiger charge is -2.08. The maximum absolute atomic E-state index is 12.0. The monoisotopic (exact) mass is 272 g/mol. The topological polar surface area (TPSA) is 60.7 Å². The molecule has 0 bridgehead atoms. The Morgan fingerprint density at radius 1 is 1.40 bits per heavy atom. The first kappa shape index (κ1) is 14.4. The van der Waals surface area contributed by atoms with E-state index in [1.807, 2.05) is 16.8 Å². The van der Waals surface area contributed by atoms with Crippen LogP contribution in [0, 0.1) is 5.92 Å². The summed E-state index contributed by atoms with van der Waals surface area (Å²) in [5, 5.41) is 4.17. The standard InChI is InChI=1S/C15H20N4O/c1-12(2)10-19-15(17-11-18-19)8-14(20)6-5-13-4-3-7-16-9-13/h3-4,7,9,11-12H,5-6,8,10H2,1-2H3. The molecule has 0 aliphatic heterocycles. The van der Waals surface area contributed by atoms with Crippen molar-refractivity contribution in [3.05, 3.63) is 42.2 Å². The number of aryl methyl sites for hydroxylation is 1. The van der Waals surface area contributed by atoms with Crippen molar-refractivity contribution in [3.8, 4) is 0 Å². The minimum atomic E-state index is 0.187. The first-order valence-electron chi connectivity index (χ1n) is 6.92. The van der Waals surface area contributed by atoms with E-state index in [1.165, 1.54) is 6.33 Å². The maximum atomic E-state index is 12.0. The number of hydrogen-bond acceptors (Lipinski definition) is 4. The van der Waals surface area contributed by atoms with Gasteiger partial charge in [-0.15, -0.1) is 0 Å². The molecule has 0 unspecified atom stereocenters. The van der Waals surface area contributed by atoms with Gasteiger partial charge in [0.05, 0.1) is 6.42 Å². The molecule has 0 saturated heterocycles. The lowest BCUT2D eigenvalue weighted by molar-refractivity contribution is -0.118. The van der Waals surface area contributed by atoms with Gasteiger partial charge in [0.2, 0.25) is 0 Å². The normalized spacial score (nSPS) is 10.9. The molecule has 0 atom stereocenters. The minimum absolute atomic E-state index is 0.187. The Labute approximate surface area is 119 Å². The van der Waals surface area contributed by atoms with Crippen molar-refractivity contribution in [1.29, 1.82) is 0 Å². The number of Topliss-reactive ketones (excluding diaryl/α,β-unsaturated/α-hetero) is 1. The zero-order chi connectivity index (χ0) is 14.4.